The number of ether oxygens (including phenoxy) is 2. The van der Waals surface area contributed by atoms with E-state index < -0.39 is 0 Å². The van der Waals surface area contributed by atoms with Crippen molar-refractivity contribution in [2.75, 3.05) is 7.11 Å². The third-order valence-corrected chi connectivity index (χ3v) is 3.62. The summed E-state index contributed by atoms with van der Waals surface area (Å²) in [5, 5.41) is 0. The third kappa shape index (κ3) is 3.82. The van der Waals surface area contributed by atoms with Crippen LogP contribution in [0.2, 0.25) is 0 Å². The van der Waals surface area contributed by atoms with Crippen molar-refractivity contribution in [1.29, 1.82) is 0 Å². The van der Waals surface area contributed by atoms with Crippen molar-refractivity contribution in [3.8, 4) is 11.5 Å². The van der Waals surface area contributed by atoms with Gasteiger partial charge in [-0.2, -0.15) is 0 Å². The lowest BCUT2D eigenvalue weighted by molar-refractivity contribution is 0.101. The molecule has 0 atom stereocenters. The molecule has 5 heteroatoms. The van der Waals surface area contributed by atoms with Crippen LogP contribution in [0.1, 0.15) is 22.8 Å². The van der Waals surface area contributed by atoms with Crippen LogP contribution in [0.15, 0.2) is 40.9 Å². The van der Waals surface area contributed by atoms with Gasteiger partial charge in [-0.15, -0.1) is 0 Å². The maximum atomic E-state index is 13.2. The Kier molecular flexibility index (Phi) is 4.96. The Morgan fingerprint density at radius 3 is 2.62 bits per heavy atom. The van der Waals surface area contributed by atoms with E-state index in [1.165, 1.54) is 19.1 Å². The molecule has 0 unspecified atom stereocenters. The number of Topliss-reactive ketones (excluding diaryl/α,β-unsaturated/α-hetero) is 1. The molecule has 0 aliphatic rings. The summed E-state index contributed by atoms with van der Waals surface area (Å²) in [7, 11) is 1.55. The summed E-state index contributed by atoms with van der Waals surface area (Å²) < 4.78 is 24.7. The summed E-state index contributed by atoms with van der Waals surface area (Å²) in [4.78, 5) is 11.4. The third-order valence-electron chi connectivity index (χ3n) is 2.96. The van der Waals surface area contributed by atoms with Crippen LogP contribution in [0.25, 0.3) is 0 Å². The predicted octanol–water partition coefficient (Wildman–Crippen LogP) is 4.38. The Balaban J connectivity index is 2.24. The van der Waals surface area contributed by atoms with Gasteiger partial charge in [0, 0.05) is 17.2 Å². The molecule has 0 spiro atoms. The summed E-state index contributed by atoms with van der Waals surface area (Å²) in [6.45, 7) is 1.67. The Morgan fingerprint density at radius 1 is 1.19 bits per heavy atom. The molecule has 2 aromatic carbocycles. The van der Waals surface area contributed by atoms with E-state index in [1.54, 1.807) is 31.4 Å². The molecule has 3 nitrogen and oxygen atoms in total. The average Bonchev–Trinajstić information content (AvgIpc) is 2.47. The van der Waals surface area contributed by atoms with Gasteiger partial charge in [0.1, 0.15) is 23.9 Å². The average molecular weight is 353 g/mol. The summed E-state index contributed by atoms with van der Waals surface area (Å²) in [6, 6.07) is 9.35. The fourth-order valence-electron chi connectivity index (χ4n) is 1.85. The molecule has 0 aromatic heterocycles. The minimum atomic E-state index is -0.377. The van der Waals surface area contributed by atoms with Gasteiger partial charge in [0.15, 0.2) is 5.78 Å². The highest BCUT2D eigenvalue weighted by molar-refractivity contribution is 9.10. The summed E-state index contributed by atoms with van der Waals surface area (Å²) in [5.41, 5.74) is 1.30. The Hall–Kier alpha value is -1.88. The molecule has 0 aliphatic heterocycles. The van der Waals surface area contributed by atoms with E-state index in [0.29, 0.717) is 21.5 Å². The molecule has 2 rings (SSSR count). The predicted molar refractivity (Wildman–Crippen MR) is 81.4 cm³/mol. The van der Waals surface area contributed by atoms with Gasteiger partial charge in [-0.05, 0) is 53.2 Å². The first-order valence-corrected chi connectivity index (χ1v) is 7.06. The van der Waals surface area contributed by atoms with Crippen molar-refractivity contribution in [2.45, 2.75) is 13.5 Å². The minimum Gasteiger partial charge on any atom is -0.496 e. The molecule has 2 aromatic rings. The van der Waals surface area contributed by atoms with Crippen molar-refractivity contribution in [1.82, 2.24) is 0 Å². The smallest absolute Gasteiger partial charge is 0.159 e. The van der Waals surface area contributed by atoms with Crippen LogP contribution >= 0.6 is 15.9 Å². The highest BCUT2D eigenvalue weighted by atomic mass is 79.9. The van der Waals surface area contributed by atoms with Crippen molar-refractivity contribution < 1.29 is 18.7 Å². The zero-order chi connectivity index (χ0) is 15.4. The highest BCUT2D eigenvalue weighted by Gasteiger charge is 2.10. The molecular weight excluding hydrogens is 339 g/mol. The Morgan fingerprint density at radius 2 is 1.95 bits per heavy atom. The largest absolute Gasteiger partial charge is 0.496 e. The standard InChI is InChI=1S/C16H14BrFO3/c1-10(19)11-3-6-15(20-2)12(7-11)9-21-16-8-13(18)4-5-14(16)17/h3-8H,9H2,1-2H3. The van der Waals surface area contributed by atoms with Crippen LogP contribution in [0.3, 0.4) is 0 Å². The molecular formula is C16H14BrFO3. The van der Waals surface area contributed by atoms with Crippen molar-refractivity contribution in [3.63, 3.8) is 0 Å². The normalized spacial score (nSPS) is 10.3. The number of carbonyl (C=O) groups excluding carboxylic acids is 1. The summed E-state index contributed by atoms with van der Waals surface area (Å²) in [5.74, 6) is 0.598. The van der Waals surface area contributed by atoms with Crippen molar-refractivity contribution >= 4 is 21.7 Å². The Bertz CT molecular complexity index is 671. The molecule has 0 aliphatic carbocycles. The lowest BCUT2D eigenvalue weighted by atomic mass is 10.1. The molecule has 0 bridgehead atoms. The monoisotopic (exact) mass is 352 g/mol. The number of halogens is 2. The lowest BCUT2D eigenvalue weighted by Gasteiger charge is -2.12. The number of hydrogen-bond donors (Lipinski definition) is 0. The van der Waals surface area contributed by atoms with Crippen LogP contribution in [0.4, 0.5) is 4.39 Å². The van der Waals surface area contributed by atoms with Gasteiger partial charge in [-0.1, -0.05) is 0 Å². The first kappa shape index (κ1) is 15.5. The number of rotatable bonds is 5. The molecule has 0 saturated heterocycles. The van der Waals surface area contributed by atoms with E-state index in [9.17, 15) is 9.18 Å². The molecule has 21 heavy (non-hydrogen) atoms. The van der Waals surface area contributed by atoms with Crippen LogP contribution in [-0.2, 0) is 6.61 Å². The van der Waals surface area contributed by atoms with Crippen molar-refractivity contribution in [2.24, 2.45) is 0 Å². The van der Waals surface area contributed by atoms with E-state index in [0.717, 1.165) is 5.56 Å². The maximum Gasteiger partial charge on any atom is 0.159 e. The number of methoxy groups -OCH3 is 1. The van der Waals surface area contributed by atoms with Gasteiger partial charge < -0.3 is 9.47 Å². The van der Waals surface area contributed by atoms with Gasteiger partial charge >= 0.3 is 0 Å². The fraction of sp³-hybridized carbons (Fsp3) is 0.188. The summed E-state index contributed by atoms with van der Waals surface area (Å²) in [6.07, 6.45) is 0. The lowest BCUT2D eigenvalue weighted by Crippen LogP contribution is -2.02. The van der Waals surface area contributed by atoms with Gasteiger partial charge in [-0.25, -0.2) is 4.39 Å². The van der Waals surface area contributed by atoms with Crippen molar-refractivity contribution in [3.05, 3.63) is 57.8 Å². The number of hydrogen-bond acceptors (Lipinski definition) is 3. The second kappa shape index (κ2) is 6.72. The molecule has 110 valence electrons. The van der Waals surface area contributed by atoms with Gasteiger partial charge in [0.2, 0.25) is 0 Å². The van der Waals surface area contributed by atoms with Crippen LogP contribution < -0.4 is 9.47 Å². The molecule has 0 fully saturated rings. The van der Waals surface area contributed by atoms with Crippen LogP contribution in [0, 0.1) is 5.82 Å². The SMILES string of the molecule is COc1ccc(C(C)=O)cc1COc1cc(F)ccc1Br. The van der Waals surface area contributed by atoms with Gasteiger partial charge in [-0.3, -0.25) is 4.79 Å². The molecule has 0 N–H and O–H groups in total. The quantitative estimate of drug-likeness (QED) is 0.749. The minimum absolute atomic E-state index is 0.0363. The summed E-state index contributed by atoms with van der Waals surface area (Å²) >= 11 is 3.30. The van der Waals surface area contributed by atoms with E-state index in [1.807, 2.05) is 0 Å². The van der Waals surface area contributed by atoms with E-state index in [4.69, 9.17) is 9.47 Å². The maximum absolute atomic E-state index is 13.2. The molecule has 0 amide bonds. The van der Waals surface area contributed by atoms with E-state index >= 15 is 0 Å². The number of benzene rings is 2. The van der Waals surface area contributed by atoms with Crippen LogP contribution in [-0.4, -0.2) is 12.9 Å². The van der Waals surface area contributed by atoms with Gasteiger partial charge in [0.25, 0.3) is 0 Å². The fourth-order valence-corrected chi connectivity index (χ4v) is 2.21. The first-order valence-electron chi connectivity index (χ1n) is 6.27. The second-order valence-corrected chi connectivity index (χ2v) is 5.30. The molecule has 0 heterocycles. The second-order valence-electron chi connectivity index (χ2n) is 4.45. The molecule has 0 radical (unpaired) electrons. The number of ketones is 1. The van der Waals surface area contributed by atoms with Crippen LogP contribution in [0.5, 0.6) is 11.5 Å². The number of carbonyl (C=O) groups is 1. The topological polar surface area (TPSA) is 35.5 Å². The Labute approximate surface area is 130 Å². The molecule has 0 saturated carbocycles. The highest BCUT2D eigenvalue weighted by Crippen LogP contribution is 2.28. The zero-order valence-electron chi connectivity index (χ0n) is 11.7. The van der Waals surface area contributed by atoms with Gasteiger partial charge in [0.05, 0.1) is 11.6 Å². The first-order chi connectivity index (χ1) is 10.0. The van der Waals surface area contributed by atoms with E-state index in [2.05, 4.69) is 15.9 Å². The van der Waals surface area contributed by atoms with E-state index in [-0.39, 0.29) is 18.2 Å². The zero-order valence-corrected chi connectivity index (χ0v) is 13.2.